The van der Waals surface area contributed by atoms with Crippen LogP contribution in [0, 0.1) is 0 Å². The number of nitrogens with zero attached hydrogens (tertiary/aromatic N) is 1. The molecule has 0 spiro atoms. The molecule has 3 atom stereocenters. The smallest absolute Gasteiger partial charge is 0.456 e. The highest BCUT2D eigenvalue weighted by molar-refractivity contribution is 7.47. The quantitative estimate of drug-likeness (QED) is 0.0205. The van der Waals surface area contributed by atoms with Crippen molar-refractivity contribution in [3.8, 4) is 0 Å². The molecular weight excluding hydrogens is 1020 g/mol. The van der Waals surface area contributed by atoms with E-state index in [1.807, 2.05) is 33.3 Å². The summed E-state index contributed by atoms with van der Waals surface area (Å²) >= 11 is 0. The number of rotatable bonds is 63. The van der Waals surface area contributed by atoms with Gasteiger partial charge >= 0.3 is 13.8 Å². The van der Waals surface area contributed by atoms with Gasteiger partial charge in [-0.3, -0.25) is 18.6 Å². The van der Waals surface area contributed by atoms with E-state index < -0.39 is 20.0 Å². The van der Waals surface area contributed by atoms with Crippen LogP contribution < -0.4 is 5.32 Å². The van der Waals surface area contributed by atoms with Gasteiger partial charge < -0.3 is 19.4 Å². The van der Waals surface area contributed by atoms with Crippen LogP contribution in [0.3, 0.4) is 0 Å². The zero-order valence-corrected chi connectivity index (χ0v) is 55.2. The normalized spacial score (nSPS) is 13.9. The van der Waals surface area contributed by atoms with E-state index >= 15 is 0 Å². The van der Waals surface area contributed by atoms with Gasteiger partial charge in [-0.15, -0.1) is 0 Å². The second-order valence-electron chi connectivity index (χ2n) is 24.7. The lowest BCUT2D eigenvalue weighted by atomic mass is 10.0. The van der Waals surface area contributed by atoms with E-state index in [0.717, 1.165) is 70.6 Å². The first-order valence-electron chi connectivity index (χ1n) is 34.6. The Morgan fingerprint density at radius 3 is 1.16 bits per heavy atom. The summed E-state index contributed by atoms with van der Waals surface area (Å²) in [5, 5.41) is 3.07. The van der Waals surface area contributed by atoms with Crippen molar-refractivity contribution in [2.75, 3.05) is 40.9 Å². The number of allylic oxidation sites excluding steroid dienone is 9. The van der Waals surface area contributed by atoms with Crippen molar-refractivity contribution in [1.29, 1.82) is 0 Å². The van der Waals surface area contributed by atoms with Crippen molar-refractivity contribution < 1.29 is 37.3 Å². The number of amides is 1. The lowest BCUT2D eigenvalue weighted by molar-refractivity contribution is -0.870. The van der Waals surface area contributed by atoms with Gasteiger partial charge in [0.25, 0.3) is 0 Å². The van der Waals surface area contributed by atoms with Crippen LogP contribution in [0.4, 0.5) is 0 Å². The zero-order valence-electron chi connectivity index (χ0n) is 54.3. The molecule has 0 bridgehead atoms. The lowest BCUT2D eigenvalue weighted by Gasteiger charge is -2.27. The maximum Gasteiger partial charge on any atom is 0.472 e. The summed E-state index contributed by atoms with van der Waals surface area (Å²) in [6.45, 7) is 7.01. The van der Waals surface area contributed by atoms with Crippen molar-refractivity contribution in [3.63, 3.8) is 0 Å². The number of hydrogen-bond donors (Lipinski definition) is 2. The first-order chi connectivity index (χ1) is 39.4. The first kappa shape index (κ1) is 78.7. The van der Waals surface area contributed by atoms with Crippen LogP contribution in [0.5, 0.6) is 0 Å². The molecule has 2 N–H and O–H groups in total. The average molecular weight is 1160 g/mol. The molecule has 0 aliphatic carbocycles. The third-order valence-electron chi connectivity index (χ3n) is 15.4. The summed E-state index contributed by atoms with van der Waals surface area (Å²) in [4.78, 5) is 37.8. The third kappa shape index (κ3) is 62.1. The van der Waals surface area contributed by atoms with Gasteiger partial charge in [-0.1, -0.05) is 281 Å². The molecule has 0 aromatic rings. The Bertz CT molecular complexity index is 1570. The van der Waals surface area contributed by atoms with E-state index in [4.69, 9.17) is 13.8 Å². The SMILES string of the molecule is CCCCC/C=C\C/C=C\C/C=C\CCCCCCCCCCCCCCCCC(=O)NC(COP(=O)(O)OCC[N+](C)(C)C)C(/C=C\CCCCCCCCCCC)OC(=O)CCCCCCCCC/C=C/CCCCCCCC. The fourth-order valence-electron chi connectivity index (χ4n) is 10.1. The highest BCUT2D eigenvalue weighted by atomic mass is 31.2. The number of carbonyl (C=O) groups excluding carboxylic acids is 2. The molecule has 474 valence electrons. The Hall–Kier alpha value is -2.29. The highest BCUT2D eigenvalue weighted by Crippen LogP contribution is 2.43. The summed E-state index contributed by atoms with van der Waals surface area (Å²) in [6.07, 6.45) is 78.0. The van der Waals surface area contributed by atoms with E-state index in [0.29, 0.717) is 17.4 Å². The Labute approximate surface area is 502 Å². The Morgan fingerprint density at radius 2 is 0.753 bits per heavy atom. The molecule has 10 heteroatoms. The van der Waals surface area contributed by atoms with Crippen molar-refractivity contribution in [2.45, 2.75) is 341 Å². The van der Waals surface area contributed by atoms with Crippen molar-refractivity contribution >= 4 is 19.7 Å². The van der Waals surface area contributed by atoms with Gasteiger partial charge in [0.2, 0.25) is 5.91 Å². The number of phosphoric ester groups is 1. The van der Waals surface area contributed by atoms with Crippen LogP contribution in [0.1, 0.15) is 329 Å². The molecule has 0 radical (unpaired) electrons. The number of quaternary nitrogens is 1. The number of phosphoric acid groups is 1. The molecule has 0 heterocycles. The van der Waals surface area contributed by atoms with Crippen LogP contribution in [0.2, 0.25) is 0 Å². The summed E-state index contributed by atoms with van der Waals surface area (Å²) in [7, 11) is 1.50. The van der Waals surface area contributed by atoms with Crippen LogP contribution >= 0.6 is 7.82 Å². The van der Waals surface area contributed by atoms with Crippen molar-refractivity contribution in [3.05, 3.63) is 60.8 Å². The topological polar surface area (TPSA) is 111 Å². The zero-order chi connectivity index (χ0) is 59.3. The van der Waals surface area contributed by atoms with Crippen molar-refractivity contribution in [1.82, 2.24) is 5.32 Å². The molecule has 0 aliphatic rings. The second-order valence-corrected chi connectivity index (χ2v) is 26.1. The van der Waals surface area contributed by atoms with E-state index in [-0.39, 0.29) is 31.5 Å². The number of likely N-dealkylation sites (N-methyl/N-ethyl adjacent to an activating group) is 1. The number of unbranched alkanes of at least 4 members (excludes halogenated alkanes) is 39. The Balaban J connectivity index is 5.00. The molecule has 81 heavy (non-hydrogen) atoms. The average Bonchev–Trinajstić information content (AvgIpc) is 3.43. The van der Waals surface area contributed by atoms with Gasteiger partial charge in [-0.2, -0.15) is 0 Å². The predicted molar refractivity (Wildman–Crippen MR) is 351 cm³/mol. The minimum absolute atomic E-state index is 0.0396. The molecule has 0 saturated carbocycles. The maximum atomic E-state index is 13.6. The number of esters is 1. The molecule has 0 aromatic heterocycles. The number of carbonyl (C=O) groups is 2. The number of nitrogens with one attached hydrogen (secondary N) is 1. The van der Waals surface area contributed by atoms with Crippen molar-refractivity contribution in [2.24, 2.45) is 0 Å². The van der Waals surface area contributed by atoms with Gasteiger partial charge in [0.15, 0.2) is 0 Å². The molecule has 3 unspecified atom stereocenters. The standard InChI is InChI=1S/C71H133N2O7P/c1-7-10-13-16-19-22-25-27-29-31-32-33-34-35-36-37-38-39-40-42-43-45-48-51-54-57-60-63-70(74)72-68(67-79-81(76,77)78-66-65-73(4,5)6)69(62-59-56-53-50-47-24-21-18-15-12-9-3)80-71(75)64-61-58-55-52-49-46-44-41-30-28-26-23-20-17-14-11-8-2/h19,22,27-30,32-33,59,62,68-69H,7-18,20-21,23-26,31,34-58,60-61,63-67H2,1-6H3,(H-,72,74,76,77)/p+1/b22-19-,29-27-,30-28+,33-32-,62-59-. The number of ether oxygens (including phenoxy) is 1. The fraction of sp³-hybridized carbons (Fsp3) is 0.831. The van der Waals surface area contributed by atoms with Gasteiger partial charge in [-0.25, -0.2) is 4.57 Å². The third-order valence-corrected chi connectivity index (χ3v) is 16.4. The van der Waals surface area contributed by atoms with Crippen LogP contribution in [-0.4, -0.2) is 74.3 Å². The van der Waals surface area contributed by atoms with Crippen LogP contribution in [0.25, 0.3) is 0 Å². The summed E-state index contributed by atoms with van der Waals surface area (Å²) < 4.78 is 30.8. The largest absolute Gasteiger partial charge is 0.472 e. The Morgan fingerprint density at radius 1 is 0.432 bits per heavy atom. The molecule has 0 aromatic carbocycles. The lowest BCUT2D eigenvalue weighted by Crippen LogP contribution is -2.47. The van der Waals surface area contributed by atoms with Crippen LogP contribution in [0.15, 0.2) is 60.8 Å². The Kier molecular flexibility index (Phi) is 59.1. The molecule has 1 amide bonds. The van der Waals surface area contributed by atoms with E-state index in [2.05, 4.69) is 74.7 Å². The maximum absolute atomic E-state index is 13.6. The minimum atomic E-state index is -4.45. The molecular formula is C71H134N2O7P+. The first-order valence-corrected chi connectivity index (χ1v) is 36.1. The summed E-state index contributed by atoms with van der Waals surface area (Å²) in [5.74, 6) is -0.501. The molecule has 0 aliphatic heterocycles. The summed E-state index contributed by atoms with van der Waals surface area (Å²) in [6, 6.07) is -0.850. The van der Waals surface area contributed by atoms with E-state index in [1.54, 1.807) is 0 Å². The molecule has 9 nitrogen and oxygen atoms in total. The minimum Gasteiger partial charge on any atom is -0.456 e. The molecule has 0 saturated heterocycles. The predicted octanol–water partition coefficient (Wildman–Crippen LogP) is 21.8. The number of hydrogen-bond acceptors (Lipinski definition) is 6. The highest BCUT2D eigenvalue weighted by Gasteiger charge is 2.30. The van der Waals surface area contributed by atoms with Gasteiger partial charge in [0, 0.05) is 12.8 Å². The van der Waals surface area contributed by atoms with Gasteiger partial charge in [0.1, 0.15) is 19.3 Å². The fourth-order valence-corrected chi connectivity index (χ4v) is 10.8. The van der Waals surface area contributed by atoms with E-state index in [9.17, 15) is 19.0 Å². The second kappa shape index (κ2) is 60.8. The van der Waals surface area contributed by atoms with Crippen LogP contribution in [-0.2, 0) is 27.9 Å². The van der Waals surface area contributed by atoms with Gasteiger partial charge in [0.05, 0.1) is 33.8 Å². The van der Waals surface area contributed by atoms with E-state index in [1.165, 1.54) is 225 Å². The molecule has 0 rings (SSSR count). The monoisotopic (exact) mass is 1160 g/mol. The summed E-state index contributed by atoms with van der Waals surface area (Å²) in [5.41, 5.74) is 0. The van der Waals surface area contributed by atoms with Gasteiger partial charge in [-0.05, 0) is 96.0 Å². The molecule has 0 fully saturated rings.